The normalized spacial score (nSPS) is 17.8. The molecule has 2 rings (SSSR count). The van der Waals surface area contributed by atoms with Crippen molar-refractivity contribution in [1.82, 2.24) is 5.32 Å². The minimum Gasteiger partial charge on any atom is -0.370 e. The van der Waals surface area contributed by atoms with Crippen molar-refractivity contribution in [1.29, 1.82) is 0 Å². The molecule has 0 aromatic heterocycles. The zero-order chi connectivity index (χ0) is 11.5. The molecule has 1 fully saturated rings. The molecule has 0 bridgehead atoms. The van der Waals surface area contributed by atoms with Crippen molar-refractivity contribution in [2.45, 2.75) is 18.9 Å². The molecule has 1 saturated heterocycles. The van der Waals surface area contributed by atoms with E-state index in [-0.39, 0.29) is 0 Å². The zero-order valence-electron chi connectivity index (χ0n) is 9.34. The second-order valence-corrected chi connectivity index (χ2v) is 4.91. The molecule has 88 valence electrons. The predicted octanol–water partition coefficient (Wildman–Crippen LogP) is 3.18. The minimum absolute atomic E-state index is 0.634. The van der Waals surface area contributed by atoms with Gasteiger partial charge in [0.1, 0.15) is 0 Å². The lowest BCUT2D eigenvalue weighted by atomic mass is 10.0. The Labute approximate surface area is 107 Å². The summed E-state index contributed by atoms with van der Waals surface area (Å²) in [6, 6.07) is 6.45. The fourth-order valence-electron chi connectivity index (χ4n) is 2.15. The van der Waals surface area contributed by atoms with E-state index in [0.717, 1.165) is 31.6 Å². The van der Waals surface area contributed by atoms with E-state index in [1.165, 1.54) is 0 Å². The van der Waals surface area contributed by atoms with Gasteiger partial charge in [0.15, 0.2) is 0 Å². The van der Waals surface area contributed by atoms with Crippen LogP contribution in [-0.2, 0) is 0 Å². The van der Waals surface area contributed by atoms with E-state index >= 15 is 0 Å². The van der Waals surface area contributed by atoms with Crippen LogP contribution < -0.4 is 10.2 Å². The Morgan fingerprint density at radius 3 is 2.56 bits per heavy atom. The summed E-state index contributed by atoms with van der Waals surface area (Å²) in [6.45, 7) is 2.07. The smallest absolute Gasteiger partial charge is 0.0825 e. The number of anilines is 1. The molecule has 1 heterocycles. The van der Waals surface area contributed by atoms with Gasteiger partial charge >= 0.3 is 0 Å². The van der Waals surface area contributed by atoms with E-state index in [1.54, 1.807) is 0 Å². The number of rotatable bonds is 2. The molecule has 4 heteroatoms. The molecule has 1 N–H and O–H groups in total. The van der Waals surface area contributed by atoms with Gasteiger partial charge in [-0.05, 0) is 32.0 Å². The summed E-state index contributed by atoms with van der Waals surface area (Å²) >= 11 is 12.2. The maximum Gasteiger partial charge on any atom is 0.0825 e. The van der Waals surface area contributed by atoms with E-state index in [1.807, 2.05) is 25.2 Å². The molecular weight excluding hydrogens is 243 g/mol. The SMILES string of the molecule is CNC1CCN(c2cccc(Cl)c2Cl)CC1. The van der Waals surface area contributed by atoms with Gasteiger partial charge in [-0.25, -0.2) is 0 Å². The Hall–Kier alpha value is -0.440. The van der Waals surface area contributed by atoms with E-state index in [9.17, 15) is 0 Å². The number of benzene rings is 1. The van der Waals surface area contributed by atoms with Crippen LogP contribution in [0.3, 0.4) is 0 Å². The quantitative estimate of drug-likeness (QED) is 0.877. The van der Waals surface area contributed by atoms with Crippen LogP contribution in [0.25, 0.3) is 0 Å². The number of nitrogens with one attached hydrogen (secondary N) is 1. The van der Waals surface area contributed by atoms with Crippen molar-refractivity contribution in [3.8, 4) is 0 Å². The summed E-state index contributed by atoms with van der Waals surface area (Å²) in [4.78, 5) is 2.31. The Morgan fingerprint density at radius 1 is 1.25 bits per heavy atom. The molecule has 0 saturated carbocycles. The molecule has 0 spiro atoms. The third-order valence-corrected chi connectivity index (χ3v) is 3.98. The molecule has 0 unspecified atom stereocenters. The zero-order valence-corrected chi connectivity index (χ0v) is 10.9. The third kappa shape index (κ3) is 2.45. The Balaban J connectivity index is 2.11. The number of hydrogen-bond donors (Lipinski definition) is 1. The molecule has 16 heavy (non-hydrogen) atoms. The standard InChI is InChI=1S/C12H16Cl2N2/c1-15-9-5-7-16(8-6-9)11-4-2-3-10(13)12(11)14/h2-4,9,15H,5-8H2,1H3. The summed E-state index contributed by atoms with van der Waals surface area (Å²) < 4.78 is 0. The maximum absolute atomic E-state index is 6.21. The molecule has 0 atom stereocenters. The van der Waals surface area contributed by atoms with Crippen molar-refractivity contribution >= 4 is 28.9 Å². The molecule has 1 aromatic rings. The van der Waals surface area contributed by atoms with E-state index in [0.29, 0.717) is 16.1 Å². The Kier molecular flexibility index (Phi) is 3.95. The first-order chi connectivity index (χ1) is 7.72. The summed E-state index contributed by atoms with van der Waals surface area (Å²) in [5.41, 5.74) is 1.06. The number of hydrogen-bond acceptors (Lipinski definition) is 2. The van der Waals surface area contributed by atoms with Gasteiger partial charge in [-0.3, -0.25) is 0 Å². The van der Waals surface area contributed by atoms with Crippen LogP contribution in [0, 0.1) is 0 Å². The van der Waals surface area contributed by atoms with E-state index in [4.69, 9.17) is 23.2 Å². The van der Waals surface area contributed by atoms with Crippen LogP contribution in [-0.4, -0.2) is 26.2 Å². The second kappa shape index (κ2) is 5.26. The van der Waals surface area contributed by atoms with Crippen LogP contribution in [0.4, 0.5) is 5.69 Å². The van der Waals surface area contributed by atoms with E-state index in [2.05, 4.69) is 10.2 Å². The first-order valence-electron chi connectivity index (χ1n) is 5.58. The highest BCUT2D eigenvalue weighted by molar-refractivity contribution is 6.43. The van der Waals surface area contributed by atoms with Crippen molar-refractivity contribution in [2.75, 3.05) is 25.0 Å². The summed E-state index contributed by atoms with van der Waals surface area (Å²) in [5.74, 6) is 0. The average molecular weight is 259 g/mol. The second-order valence-electron chi connectivity index (χ2n) is 4.12. The molecule has 0 amide bonds. The lowest BCUT2D eigenvalue weighted by Gasteiger charge is -2.34. The fraction of sp³-hybridized carbons (Fsp3) is 0.500. The van der Waals surface area contributed by atoms with Crippen LogP contribution in [0.2, 0.25) is 10.0 Å². The highest BCUT2D eigenvalue weighted by Crippen LogP contribution is 2.33. The van der Waals surface area contributed by atoms with Gasteiger partial charge in [-0.2, -0.15) is 0 Å². The van der Waals surface area contributed by atoms with Gasteiger partial charge in [0.05, 0.1) is 15.7 Å². The minimum atomic E-state index is 0.634. The maximum atomic E-state index is 6.21. The highest BCUT2D eigenvalue weighted by atomic mass is 35.5. The fourth-order valence-corrected chi connectivity index (χ4v) is 2.56. The number of piperidine rings is 1. The average Bonchev–Trinajstić information content (AvgIpc) is 2.33. The van der Waals surface area contributed by atoms with Crippen LogP contribution in [0.15, 0.2) is 18.2 Å². The summed E-state index contributed by atoms with van der Waals surface area (Å²) in [6.07, 6.45) is 2.30. The van der Waals surface area contributed by atoms with Gasteiger partial charge in [-0.15, -0.1) is 0 Å². The highest BCUT2D eigenvalue weighted by Gasteiger charge is 2.20. The third-order valence-electron chi connectivity index (χ3n) is 3.18. The van der Waals surface area contributed by atoms with Gasteiger partial charge < -0.3 is 10.2 Å². The van der Waals surface area contributed by atoms with Gasteiger partial charge in [0, 0.05) is 19.1 Å². The molecular formula is C12H16Cl2N2. The molecule has 0 radical (unpaired) electrons. The number of nitrogens with zero attached hydrogens (tertiary/aromatic N) is 1. The number of halogens is 2. The van der Waals surface area contributed by atoms with Crippen molar-refractivity contribution in [2.24, 2.45) is 0 Å². The lowest BCUT2D eigenvalue weighted by molar-refractivity contribution is 0.442. The van der Waals surface area contributed by atoms with Gasteiger partial charge in [0.25, 0.3) is 0 Å². The van der Waals surface area contributed by atoms with Crippen LogP contribution >= 0.6 is 23.2 Å². The monoisotopic (exact) mass is 258 g/mol. The molecule has 1 aliphatic heterocycles. The van der Waals surface area contributed by atoms with Crippen molar-refractivity contribution in [3.63, 3.8) is 0 Å². The molecule has 2 nitrogen and oxygen atoms in total. The van der Waals surface area contributed by atoms with Crippen molar-refractivity contribution in [3.05, 3.63) is 28.2 Å². The molecule has 0 aliphatic carbocycles. The Morgan fingerprint density at radius 2 is 1.94 bits per heavy atom. The summed E-state index contributed by atoms with van der Waals surface area (Å²) in [5, 5.41) is 4.62. The molecule has 1 aliphatic rings. The molecule has 1 aromatic carbocycles. The van der Waals surface area contributed by atoms with E-state index < -0.39 is 0 Å². The van der Waals surface area contributed by atoms with Crippen LogP contribution in [0.1, 0.15) is 12.8 Å². The van der Waals surface area contributed by atoms with Crippen LogP contribution in [0.5, 0.6) is 0 Å². The Bertz CT molecular complexity index is 360. The topological polar surface area (TPSA) is 15.3 Å². The van der Waals surface area contributed by atoms with Crippen molar-refractivity contribution < 1.29 is 0 Å². The lowest BCUT2D eigenvalue weighted by Crippen LogP contribution is -2.41. The van der Waals surface area contributed by atoms with Gasteiger partial charge in [-0.1, -0.05) is 29.3 Å². The first kappa shape index (κ1) is 12.0. The van der Waals surface area contributed by atoms with Gasteiger partial charge in [0.2, 0.25) is 0 Å². The largest absolute Gasteiger partial charge is 0.370 e. The first-order valence-corrected chi connectivity index (χ1v) is 6.34. The predicted molar refractivity (Wildman–Crippen MR) is 70.8 cm³/mol. The summed E-state index contributed by atoms with van der Waals surface area (Å²) in [7, 11) is 2.02.